The van der Waals surface area contributed by atoms with Gasteiger partial charge in [-0.2, -0.15) is 0 Å². The first kappa shape index (κ1) is 14.0. The number of hydrogen-bond acceptors (Lipinski definition) is 2. The molecule has 1 N–H and O–H groups in total. The van der Waals surface area contributed by atoms with Crippen LogP contribution in [0.1, 0.15) is 32.6 Å². The maximum absolute atomic E-state index is 12.6. The van der Waals surface area contributed by atoms with E-state index in [-0.39, 0.29) is 12.4 Å². The molecule has 2 nitrogen and oxygen atoms in total. The number of halogens is 1. The van der Waals surface area contributed by atoms with Crippen molar-refractivity contribution in [2.45, 2.75) is 32.6 Å². The van der Waals surface area contributed by atoms with Crippen molar-refractivity contribution in [3.63, 3.8) is 0 Å². The zero-order valence-corrected chi connectivity index (χ0v) is 10.4. The van der Waals surface area contributed by atoms with E-state index < -0.39 is 0 Å². The number of rotatable bonds is 8. The maximum atomic E-state index is 12.6. The molecular weight excluding hydrogens is 219 g/mol. The summed E-state index contributed by atoms with van der Waals surface area (Å²) in [6, 6.07) is 6.10. The summed E-state index contributed by atoms with van der Waals surface area (Å²) in [5.74, 6) is 0.960. The van der Waals surface area contributed by atoms with E-state index in [1.165, 1.54) is 12.1 Å². The Kier molecular flexibility index (Phi) is 6.63. The van der Waals surface area contributed by atoms with Crippen molar-refractivity contribution in [3.8, 4) is 5.75 Å². The number of aliphatic hydroxyl groups excluding tert-OH is 1. The van der Waals surface area contributed by atoms with Gasteiger partial charge in [0.15, 0.2) is 0 Å². The monoisotopic (exact) mass is 240 g/mol. The molecule has 96 valence electrons. The Bertz CT molecular complexity index is 298. The number of ether oxygens (including phenoxy) is 1. The van der Waals surface area contributed by atoms with E-state index in [0.29, 0.717) is 18.3 Å². The highest BCUT2D eigenvalue weighted by molar-refractivity contribution is 5.21. The third-order valence-corrected chi connectivity index (χ3v) is 2.70. The van der Waals surface area contributed by atoms with Gasteiger partial charge < -0.3 is 9.84 Å². The molecule has 0 saturated carbocycles. The molecule has 1 aromatic rings. The highest BCUT2D eigenvalue weighted by Gasteiger charge is 2.03. The number of aliphatic hydroxyl groups is 1. The van der Waals surface area contributed by atoms with Crippen molar-refractivity contribution < 1.29 is 14.2 Å². The number of unbranched alkanes of at least 4 members (excludes halogenated alkanes) is 2. The molecule has 0 fully saturated rings. The van der Waals surface area contributed by atoms with Crippen LogP contribution in [0.15, 0.2) is 24.3 Å². The topological polar surface area (TPSA) is 29.5 Å². The lowest BCUT2D eigenvalue weighted by atomic mass is 10.0. The van der Waals surface area contributed by atoms with Crippen LogP contribution in [-0.2, 0) is 0 Å². The second-order valence-electron chi connectivity index (χ2n) is 4.44. The van der Waals surface area contributed by atoms with Gasteiger partial charge in [0.05, 0.1) is 6.61 Å². The fourth-order valence-electron chi connectivity index (χ4n) is 1.63. The van der Waals surface area contributed by atoms with Crippen molar-refractivity contribution in [1.29, 1.82) is 0 Å². The zero-order valence-electron chi connectivity index (χ0n) is 10.4. The minimum Gasteiger partial charge on any atom is -0.493 e. The normalized spacial score (nSPS) is 12.4. The van der Waals surface area contributed by atoms with E-state index in [9.17, 15) is 4.39 Å². The Balaban J connectivity index is 2.14. The lowest BCUT2D eigenvalue weighted by molar-refractivity contribution is 0.244. The summed E-state index contributed by atoms with van der Waals surface area (Å²) < 4.78 is 18.2. The molecule has 0 bridgehead atoms. The standard InChI is InChI=1S/C14H21FO2/c1-12(5-3-2-4-10-16)11-17-14-8-6-13(15)7-9-14/h6-9,12,16H,2-5,10-11H2,1H3. The SMILES string of the molecule is CC(CCCCCO)COc1ccc(F)cc1. The van der Waals surface area contributed by atoms with Crippen molar-refractivity contribution in [1.82, 2.24) is 0 Å². The van der Waals surface area contributed by atoms with E-state index in [0.717, 1.165) is 25.7 Å². The van der Waals surface area contributed by atoms with Crippen molar-refractivity contribution in [3.05, 3.63) is 30.1 Å². The van der Waals surface area contributed by atoms with Crippen LogP contribution in [0, 0.1) is 11.7 Å². The summed E-state index contributed by atoms with van der Waals surface area (Å²) in [4.78, 5) is 0. The molecule has 0 radical (unpaired) electrons. The van der Waals surface area contributed by atoms with Crippen LogP contribution < -0.4 is 4.74 Å². The van der Waals surface area contributed by atoms with Crippen LogP contribution in [0.4, 0.5) is 4.39 Å². The van der Waals surface area contributed by atoms with Gasteiger partial charge in [0.25, 0.3) is 0 Å². The third kappa shape index (κ3) is 6.27. The van der Waals surface area contributed by atoms with E-state index >= 15 is 0 Å². The van der Waals surface area contributed by atoms with Gasteiger partial charge in [-0.25, -0.2) is 4.39 Å². The average molecular weight is 240 g/mol. The van der Waals surface area contributed by atoms with Crippen molar-refractivity contribution in [2.75, 3.05) is 13.2 Å². The highest BCUT2D eigenvalue weighted by Crippen LogP contribution is 2.14. The van der Waals surface area contributed by atoms with Gasteiger partial charge in [-0.3, -0.25) is 0 Å². The second-order valence-corrected chi connectivity index (χ2v) is 4.44. The molecular formula is C14H21FO2. The molecule has 0 saturated heterocycles. The first-order chi connectivity index (χ1) is 8.22. The fraction of sp³-hybridized carbons (Fsp3) is 0.571. The van der Waals surface area contributed by atoms with Gasteiger partial charge in [0.2, 0.25) is 0 Å². The molecule has 0 aliphatic heterocycles. The van der Waals surface area contributed by atoms with Crippen LogP contribution in [0.5, 0.6) is 5.75 Å². The minimum absolute atomic E-state index is 0.241. The third-order valence-electron chi connectivity index (χ3n) is 2.70. The Morgan fingerprint density at radius 2 is 1.88 bits per heavy atom. The first-order valence-corrected chi connectivity index (χ1v) is 6.21. The summed E-state index contributed by atoms with van der Waals surface area (Å²) in [5.41, 5.74) is 0. The fourth-order valence-corrected chi connectivity index (χ4v) is 1.63. The summed E-state index contributed by atoms with van der Waals surface area (Å²) in [6.45, 7) is 3.08. The molecule has 0 spiro atoms. The average Bonchev–Trinajstić information content (AvgIpc) is 2.34. The molecule has 1 rings (SSSR count). The molecule has 1 atom stereocenters. The van der Waals surface area contributed by atoms with Crippen LogP contribution in [0.2, 0.25) is 0 Å². The van der Waals surface area contributed by atoms with Gasteiger partial charge >= 0.3 is 0 Å². The van der Waals surface area contributed by atoms with Crippen molar-refractivity contribution >= 4 is 0 Å². The second kappa shape index (κ2) is 8.07. The predicted molar refractivity (Wildman–Crippen MR) is 66.6 cm³/mol. The smallest absolute Gasteiger partial charge is 0.123 e. The van der Waals surface area contributed by atoms with Crippen LogP contribution in [-0.4, -0.2) is 18.3 Å². The zero-order chi connectivity index (χ0) is 12.5. The Morgan fingerprint density at radius 1 is 1.18 bits per heavy atom. The summed E-state index contributed by atoms with van der Waals surface area (Å²) in [7, 11) is 0. The number of benzene rings is 1. The lowest BCUT2D eigenvalue weighted by Gasteiger charge is -2.12. The summed E-state index contributed by atoms with van der Waals surface area (Å²) >= 11 is 0. The quantitative estimate of drug-likeness (QED) is 0.706. The summed E-state index contributed by atoms with van der Waals surface area (Å²) in [6.07, 6.45) is 4.17. The van der Waals surface area contributed by atoms with E-state index in [2.05, 4.69) is 6.92 Å². The van der Waals surface area contributed by atoms with E-state index in [1.54, 1.807) is 12.1 Å². The van der Waals surface area contributed by atoms with Gasteiger partial charge in [-0.05, 0) is 43.0 Å². The molecule has 3 heteroatoms. The largest absolute Gasteiger partial charge is 0.493 e. The Labute approximate surface area is 102 Å². The highest BCUT2D eigenvalue weighted by atomic mass is 19.1. The van der Waals surface area contributed by atoms with Crippen LogP contribution in [0.3, 0.4) is 0 Å². The molecule has 0 aliphatic carbocycles. The minimum atomic E-state index is -0.241. The van der Waals surface area contributed by atoms with Crippen LogP contribution >= 0.6 is 0 Å². The maximum Gasteiger partial charge on any atom is 0.123 e. The van der Waals surface area contributed by atoms with Crippen LogP contribution in [0.25, 0.3) is 0 Å². The van der Waals surface area contributed by atoms with Gasteiger partial charge in [-0.1, -0.05) is 19.8 Å². The van der Waals surface area contributed by atoms with E-state index in [4.69, 9.17) is 9.84 Å². The Hall–Kier alpha value is -1.09. The molecule has 1 aromatic carbocycles. The summed E-state index contributed by atoms with van der Waals surface area (Å²) in [5, 5.41) is 8.65. The predicted octanol–water partition coefficient (Wildman–Crippen LogP) is 3.39. The van der Waals surface area contributed by atoms with Crippen molar-refractivity contribution in [2.24, 2.45) is 5.92 Å². The molecule has 17 heavy (non-hydrogen) atoms. The molecule has 0 heterocycles. The Morgan fingerprint density at radius 3 is 2.53 bits per heavy atom. The van der Waals surface area contributed by atoms with Gasteiger partial charge in [0.1, 0.15) is 11.6 Å². The molecule has 1 unspecified atom stereocenters. The van der Waals surface area contributed by atoms with E-state index in [1.807, 2.05) is 0 Å². The molecule has 0 amide bonds. The number of hydrogen-bond donors (Lipinski definition) is 1. The molecule has 0 aliphatic rings. The molecule has 0 aromatic heterocycles. The lowest BCUT2D eigenvalue weighted by Crippen LogP contribution is -2.08. The van der Waals surface area contributed by atoms with Gasteiger partial charge in [0, 0.05) is 6.61 Å². The van der Waals surface area contributed by atoms with Gasteiger partial charge in [-0.15, -0.1) is 0 Å². The first-order valence-electron chi connectivity index (χ1n) is 6.21.